The number of carbonyl (C=O) groups is 1. The fourth-order valence-electron chi connectivity index (χ4n) is 1.15. The van der Waals surface area contributed by atoms with Gasteiger partial charge in [-0.1, -0.05) is 0 Å². The molecule has 1 aliphatic rings. The topological polar surface area (TPSA) is 87.0 Å². The van der Waals surface area contributed by atoms with Crippen molar-refractivity contribution >= 4 is 6.29 Å². The molecule has 0 aliphatic heterocycles. The van der Waals surface area contributed by atoms with Gasteiger partial charge in [0.2, 0.25) is 0 Å². The average molecular weight is 204 g/mol. The predicted octanol–water partition coefficient (Wildman–Crippen LogP) is -1.31. The molecule has 0 saturated heterocycles. The van der Waals surface area contributed by atoms with Gasteiger partial charge in [-0.05, 0) is 18.8 Å². The molecule has 1 aliphatic carbocycles. The van der Waals surface area contributed by atoms with Gasteiger partial charge in [0.05, 0.1) is 13.2 Å². The number of ether oxygens (including phenoxy) is 1. The quantitative estimate of drug-likeness (QED) is 0.448. The Labute approximate surface area is 82.3 Å². The Hall–Kier alpha value is -0.490. The summed E-state index contributed by atoms with van der Waals surface area (Å²) < 4.78 is 5.18. The third kappa shape index (κ3) is 3.34. The Morgan fingerprint density at radius 1 is 1.43 bits per heavy atom. The van der Waals surface area contributed by atoms with Crippen LogP contribution in [-0.2, 0) is 9.53 Å². The van der Waals surface area contributed by atoms with Crippen LogP contribution in [-0.4, -0.2) is 53.1 Å². The molecule has 1 fully saturated rings. The van der Waals surface area contributed by atoms with E-state index in [9.17, 15) is 15.0 Å². The van der Waals surface area contributed by atoms with E-state index in [1.807, 2.05) is 0 Å². The van der Waals surface area contributed by atoms with Gasteiger partial charge in [-0.3, -0.25) is 0 Å². The highest BCUT2D eigenvalue weighted by Gasteiger charge is 2.30. The zero-order chi connectivity index (χ0) is 10.6. The first-order valence-corrected chi connectivity index (χ1v) is 4.73. The number of aliphatic hydroxyl groups excluding tert-OH is 3. The normalized spacial score (nSPS) is 22.8. The van der Waals surface area contributed by atoms with Crippen LogP contribution in [0.1, 0.15) is 12.8 Å². The summed E-state index contributed by atoms with van der Waals surface area (Å²) in [6.45, 7) is -0.104. The molecule has 0 aromatic heterocycles. The minimum absolute atomic E-state index is 0.302. The molecule has 3 atom stereocenters. The van der Waals surface area contributed by atoms with Crippen LogP contribution in [0.3, 0.4) is 0 Å². The largest absolute Gasteiger partial charge is 0.394 e. The lowest BCUT2D eigenvalue weighted by atomic mass is 10.1. The molecule has 0 aromatic carbocycles. The summed E-state index contributed by atoms with van der Waals surface area (Å²) in [6, 6.07) is 0. The fourth-order valence-corrected chi connectivity index (χ4v) is 1.15. The molecule has 1 saturated carbocycles. The number of aliphatic hydroxyl groups is 3. The maximum Gasteiger partial charge on any atom is 0.151 e. The van der Waals surface area contributed by atoms with Gasteiger partial charge in [-0.15, -0.1) is 0 Å². The van der Waals surface area contributed by atoms with Crippen molar-refractivity contribution in [2.45, 2.75) is 31.2 Å². The lowest BCUT2D eigenvalue weighted by molar-refractivity contribution is -0.138. The summed E-state index contributed by atoms with van der Waals surface area (Å²) >= 11 is 0. The van der Waals surface area contributed by atoms with Crippen molar-refractivity contribution in [1.82, 2.24) is 0 Å². The van der Waals surface area contributed by atoms with Crippen LogP contribution < -0.4 is 0 Å². The van der Waals surface area contributed by atoms with E-state index in [2.05, 4.69) is 0 Å². The summed E-state index contributed by atoms with van der Waals surface area (Å²) in [7, 11) is 0. The molecule has 0 aromatic rings. The number of aldehydes is 1. The number of hydrogen-bond acceptors (Lipinski definition) is 5. The Kier molecular flexibility index (Phi) is 4.47. The molecule has 0 heterocycles. The third-order valence-corrected chi connectivity index (χ3v) is 2.26. The lowest BCUT2D eigenvalue weighted by Gasteiger charge is -2.23. The molecule has 0 spiro atoms. The van der Waals surface area contributed by atoms with Crippen LogP contribution >= 0.6 is 0 Å². The third-order valence-electron chi connectivity index (χ3n) is 2.26. The van der Waals surface area contributed by atoms with Crippen LogP contribution in [0.15, 0.2) is 0 Å². The first-order chi connectivity index (χ1) is 6.69. The second-order valence-electron chi connectivity index (χ2n) is 3.62. The van der Waals surface area contributed by atoms with Crippen molar-refractivity contribution < 1.29 is 24.9 Å². The Bertz CT molecular complexity index is 180. The van der Waals surface area contributed by atoms with Gasteiger partial charge in [-0.2, -0.15) is 0 Å². The van der Waals surface area contributed by atoms with Crippen molar-refractivity contribution in [3.63, 3.8) is 0 Å². The van der Waals surface area contributed by atoms with E-state index in [0.717, 1.165) is 12.8 Å². The number of carbonyl (C=O) groups excluding carboxylic acids is 1. The van der Waals surface area contributed by atoms with Gasteiger partial charge < -0.3 is 24.9 Å². The smallest absolute Gasteiger partial charge is 0.151 e. The molecule has 14 heavy (non-hydrogen) atoms. The van der Waals surface area contributed by atoms with E-state index in [4.69, 9.17) is 9.84 Å². The Morgan fingerprint density at radius 2 is 2.07 bits per heavy atom. The minimum atomic E-state index is -1.38. The zero-order valence-electron chi connectivity index (χ0n) is 7.87. The van der Waals surface area contributed by atoms with Crippen LogP contribution in [0.4, 0.5) is 0 Å². The standard InChI is InChI=1S/C9H16O5/c10-3-7(12)9(8(13)4-11)14-5-6-1-2-6/h3,6-9,11-13H,1-2,4-5H2/t7-,8+,9+/m0/s1. The Balaban J connectivity index is 2.37. The monoisotopic (exact) mass is 204 g/mol. The van der Waals surface area contributed by atoms with E-state index >= 15 is 0 Å². The summed E-state index contributed by atoms with van der Waals surface area (Å²) in [5.41, 5.74) is 0. The maximum absolute atomic E-state index is 10.3. The molecule has 1 rings (SSSR count). The second kappa shape index (κ2) is 5.41. The summed E-state index contributed by atoms with van der Waals surface area (Å²) in [5.74, 6) is 0.474. The van der Waals surface area contributed by atoms with E-state index < -0.39 is 24.9 Å². The lowest BCUT2D eigenvalue weighted by Crippen LogP contribution is -2.43. The maximum atomic E-state index is 10.3. The molecule has 5 heteroatoms. The number of hydrogen-bond donors (Lipinski definition) is 3. The Morgan fingerprint density at radius 3 is 2.50 bits per heavy atom. The second-order valence-corrected chi connectivity index (χ2v) is 3.62. The first-order valence-electron chi connectivity index (χ1n) is 4.73. The molecule has 0 bridgehead atoms. The fraction of sp³-hybridized carbons (Fsp3) is 0.889. The van der Waals surface area contributed by atoms with Crippen molar-refractivity contribution in [2.75, 3.05) is 13.2 Å². The highest BCUT2D eigenvalue weighted by molar-refractivity contribution is 5.56. The molecular weight excluding hydrogens is 188 g/mol. The molecule has 3 N–H and O–H groups in total. The number of rotatable bonds is 7. The summed E-state index contributed by atoms with van der Waals surface area (Å²) in [4.78, 5) is 10.3. The molecule has 0 unspecified atom stereocenters. The molecule has 0 amide bonds. The van der Waals surface area contributed by atoms with Crippen molar-refractivity contribution in [2.24, 2.45) is 5.92 Å². The van der Waals surface area contributed by atoms with E-state index in [0.29, 0.717) is 18.8 Å². The minimum Gasteiger partial charge on any atom is -0.394 e. The molecular formula is C9H16O5. The van der Waals surface area contributed by atoms with Crippen LogP contribution in [0.2, 0.25) is 0 Å². The van der Waals surface area contributed by atoms with Gasteiger partial charge in [0.15, 0.2) is 6.29 Å². The van der Waals surface area contributed by atoms with E-state index in [-0.39, 0.29) is 0 Å². The summed E-state index contributed by atoms with van der Waals surface area (Å²) in [5, 5.41) is 27.1. The van der Waals surface area contributed by atoms with Gasteiger partial charge in [0, 0.05) is 0 Å². The van der Waals surface area contributed by atoms with E-state index in [1.165, 1.54) is 0 Å². The molecule has 5 nitrogen and oxygen atoms in total. The van der Waals surface area contributed by atoms with Crippen LogP contribution in [0, 0.1) is 5.92 Å². The predicted molar refractivity (Wildman–Crippen MR) is 47.6 cm³/mol. The highest BCUT2D eigenvalue weighted by Crippen LogP contribution is 2.29. The first kappa shape index (κ1) is 11.6. The van der Waals surface area contributed by atoms with Crippen molar-refractivity contribution in [1.29, 1.82) is 0 Å². The highest BCUT2D eigenvalue weighted by atomic mass is 16.5. The van der Waals surface area contributed by atoms with Crippen molar-refractivity contribution in [3.8, 4) is 0 Å². The van der Waals surface area contributed by atoms with Crippen LogP contribution in [0.5, 0.6) is 0 Å². The van der Waals surface area contributed by atoms with Gasteiger partial charge in [0.25, 0.3) is 0 Å². The zero-order valence-corrected chi connectivity index (χ0v) is 7.87. The van der Waals surface area contributed by atoms with Crippen LogP contribution in [0.25, 0.3) is 0 Å². The SMILES string of the molecule is O=C[C@H](O)[C@@H](OCC1CC1)[C@H](O)CO. The van der Waals surface area contributed by atoms with Gasteiger partial charge >= 0.3 is 0 Å². The molecule has 82 valence electrons. The van der Waals surface area contributed by atoms with Crippen molar-refractivity contribution in [3.05, 3.63) is 0 Å². The van der Waals surface area contributed by atoms with Gasteiger partial charge in [0.1, 0.15) is 18.3 Å². The van der Waals surface area contributed by atoms with Gasteiger partial charge in [-0.25, -0.2) is 0 Å². The summed E-state index contributed by atoms with van der Waals surface area (Å²) in [6.07, 6.45) is -1.14. The molecule has 0 radical (unpaired) electrons. The van der Waals surface area contributed by atoms with E-state index in [1.54, 1.807) is 0 Å². The average Bonchev–Trinajstić information content (AvgIpc) is 3.00.